The summed E-state index contributed by atoms with van der Waals surface area (Å²) in [5.41, 5.74) is 1.18. The summed E-state index contributed by atoms with van der Waals surface area (Å²) in [5.74, 6) is 1.54. The third-order valence-electron chi connectivity index (χ3n) is 5.29. The van der Waals surface area contributed by atoms with Crippen LogP contribution in [0.4, 0.5) is 5.69 Å². The highest BCUT2D eigenvalue weighted by atomic mass is 32.2. The predicted octanol–water partition coefficient (Wildman–Crippen LogP) is 3.41. The lowest BCUT2D eigenvalue weighted by Gasteiger charge is -2.25. The number of aryl methyl sites for hydroxylation is 1. The highest BCUT2D eigenvalue weighted by Gasteiger charge is 2.28. The fourth-order valence-corrected chi connectivity index (χ4v) is 4.78. The molecule has 0 aliphatic rings. The number of benzene rings is 3. The zero-order valence-electron chi connectivity index (χ0n) is 20.7. The lowest BCUT2D eigenvalue weighted by molar-refractivity contribution is -0.119. The van der Waals surface area contributed by atoms with Crippen molar-refractivity contribution in [1.29, 1.82) is 0 Å². The SMILES string of the molecule is COc1cccc(OCCNC(=O)CN(c2ccc(OC)c(OC)c2)S(=O)(=O)c2ccc(C)cc2)c1. The third-order valence-corrected chi connectivity index (χ3v) is 7.07. The molecule has 3 rings (SSSR count). The smallest absolute Gasteiger partial charge is 0.264 e. The minimum Gasteiger partial charge on any atom is -0.497 e. The van der Waals surface area contributed by atoms with Crippen molar-refractivity contribution in [3.63, 3.8) is 0 Å². The van der Waals surface area contributed by atoms with Crippen LogP contribution in [0.5, 0.6) is 23.0 Å². The number of carbonyl (C=O) groups excluding carboxylic acids is 1. The molecule has 192 valence electrons. The fraction of sp³-hybridized carbons (Fsp3) is 0.269. The summed E-state index contributed by atoms with van der Waals surface area (Å²) >= 11 is 0. The first-order valence-electron chi connectivity index (χ1n) is 11.1. The Balaban J connectivity index is 1.77. The number of rotatable bonds is 12. The van der Waals surface area contributed by atoms with Crippen molar-refractivity contribution in [2.24, 2.45) is 0 Å². The molecule has 0 heterocycles. The van der Waals surface area contributed by atoms with Gasteiger partial charge in [-0.25, -0.2) is 8.42 Å². The Morgan fingerprint density at radius 2 is 1.56 bits per heavy atom. The Morgan fingerprint density at radius 3 is 2.22 bits per heavy atom. The zero-order valence-corrected chi connectivity index (χ0v) is 21.5. The molecule has 1 N–H and O–H groups in total. The van der Waals surface area contributed by atoms with Gasteiger partial charge in [-0.1, -0.05) is 23.8 Å². The van der Waals surface area contributed by atoms with E-state index in [1.54, 1.807) is 55.6 Å². The van der Waals surface area contributed by atoms with E-state index in [2.05, 4.69) is 5.32 Å². The molecule has 0 fully saturated rings. The molecular weight excluding hydrogens is 484 g/mol. The molecule has 0 unspecified atom stereocenters. The number of ether oxygens (including phenoxy) is 4. The van der Waals surface area contributed by atoms with E-state index in [1.165, 1.54) is 32.4 Å². The van der Waals surface area contributed by atoms with E-state index in [-0.39, 0.29) is 23.7 Å². The lowest BCUT2D eigenvalue weighted by atomic mass is 10.2. The predicted molar refractivity (Wildman–Crippen MR) is 137 cm³/mol. The first-order chi connectivity index (χ1) is 17.3. The maximum atomic E-state index is 13.5. The summed E-state index contributed by atoms with van der Waals surface area (Å²) < 4.78 is 49.5. The second kappa shape index (κ2) is 12.2. The molecule has 0 aliphatic carbocycles. The van der Waals surface area contributed by atoms with E-state index < -0.39 is 22.5 Å². The van der Waals surface area contributed by atoms with Gasteiger partial charge in [0.15, 0.2) is 11.5 Å². The zero-order chi connectivity index (χ0) is 26.1. The minimum atomic E-state index is -4.06. The molecule has 0 aliphatic heterocycles. The van der Waals surface area contributed by atoms with Gasteiger partial charge in [0.1, 0.15) is 24.7 Å². The van der Waals surface area contributed by atoms with Crippen molar-refractivity contribution in [2.75, 3.05) is 45.3 Å². The molecule has 0 radical (unpaired) electrons. The lowest BCUT2D eigenvalue weighted by Crippen LogP contribution is -2.42. The van der Waals surface area contributed by atoms with E-state index in [0.29, 0.717) is 23.0 Å². The molecule has 3 aromatic carbocycles. The van der Waals surface area contributed by atoms with Gasteiger partial charge in [0.2, 0.25) is 5.91 Å². The number of anilines is 1. The van der Waals surface area contributed by atoms with Gasteiger partial charge < -0.3 is 24.3 Å². The first-order valence-corrected chi connectivity index (χ1v) is 12.6. The molecule has 3 aromatic rings. The number of sulfonamides is 1. The van der Waals surface area contributed by atoms with Crippen LogP contribution in [0, 0.1) is 6.92 Å². The number of nitrogens with one attached hydrogen (secondary N) is 1. The van der Waals surface area contributed by atoms with Gasteiger partial charge in [-0.05, 0) is 43.3 Å². The molecular formula is C26H30N2O7S. The fourth-order valence-electron chi connectivity index (χ4n) is 3.37. The second-order valence-corrected chi connectivity index (χ2v) is 9.60. The standard InChI is InChI=1S/C26H30N2O7S/c1-19-8-11-23(12-9-19)36(30,31)28(20-10-13-24(33-3)25(16-20)34-4)18-26(29)27-14-15-35-22-7-5-6-21(17-22)32-2/h5-13,16-17H,14-15,18H2,1-4H3,(H,27,29). The Morgan fingerprint density at radius 1 is 0.861 bits per heavy atom. The van der Waals surface area contributed by atoms with Gasteiger partial charge in [0, 0.05) is 12.1 Å². The van der Waals surface area contributed by atoms with Crippen molar-refractivity contribution >= 4 is 21.6 Å². The Hall–Kier alpha value is -3.92. The average Bonchev–Trinajstić information content (AvgIpc) is 2.89. The normalized spacial score (nSPS) is 10.9. The molecule has 0 aromatic heterocycles. The van der Waals surface area contributed by atoms with E-state index >= 15 is 0 Å². The van der Waals surface area contributed by atoms with Crippen LogP contribution in [0.2, 0.25) is 0 Å². The van der Waals surface area contributed by atoms with Crippen LogP contribution in [-0.4, -0.2) is 55.4 Å². The van der Waals surface area contributed by atoms with E-state index in [0.717, 1.165) is 9.87 Å². The Labute approximate surface area is 211 Å². The minimum absolute atomic E-state index is 0.0667. The highest BCUT2D eigenvalue weighted by Crippen LogP contribution is 2.33. The second-order valence-electron chi connectivity index (χ2n) is 7.74. The van der Waals surface area contributed by atoms with Crippen molar-refractivity contribution in [2.45, 2.75) is 11.8 Å². The molecule has 0 saturated carbocycles. The maximum absolute atomic E-state index is 13.5. The van der Waals surface area contributed by atoms with E-state index in [1.807, 2.05) is 6.92 Å². The Kier molecular flexibility index (Phi) is 9.02. The van der Waals surface area contributed by atoms with Gasteiger partial charge in [-0.3, -0.25) is 9.10 Å². The number of hydrogen-bond acceptors (Lipinski definition) is 7. The van der Waals surface area contributed by atoms with Crippen molar-refractivity contribution in [3.8, 4) is 23.0 Å². The maximum Gasteiger partial charge on any atom is 0.264 e. The largest absolute Gasteiger partial charge is 0.497 e. The van der Waals surface area contributed by atoms with Crippen LogP contribution >= 0.6 is 0 Å². The van der Waals surface area contributed by atoms with Gasteiger partial charge in [0.05, 0.1) is 38.5 Å². The van der Waals surface area contributed by atoms with Gasteiger partial charge in [-0.2, -0.15) is 0 Å². The van der Waals surface area contributed by atoms with Crippen molar-refractivity contribution in [1.82, 2.24) is 5.32 Å². The average molecular weight is 515 g/mol. The molecule has 36 heavy (non-hydrogen) atoms. The first kappa shape index (κ1) is 26.7. The molecule has 0 saturated heterocycles. The summed E-state index contributed by atoms with van der Waals surface area (Å²) in [5, 5.41) is 2.71. The summed E-state index contributed by atoms with van der Waals surface area (Å²) in [6.07, 6.45) is 0. The number of methoxy groups -OCH3 is 3. The molecule has 10 heteroatoms. The van der Waals surface area contributed by atoms with Gasteiger partial charge in [-0.15, -0.1) is 0 Å². The Bertz CT molecular complexity index is 1280. The quantitative estimate of drug-likeness (QED) is 0.370. The number of hydrogen-bond donors (Lipinski definition) is 1. The van der Waals surface area contributed by atoms with Gasteiger partial charge in [0.25, 0.3) is 10.0 Å². The number of nitrogens with zero attached hydrogens (tertiary/aromatic N) is 1. The van der Waals surface area contributed by atoms with Crippen molar-refractivity contribution < 1.29 is 32.2 Å². The highest BCUT2D eigenvalue weighted by molar-refractivity contribution is 7.92. The van der Waals surface area contributed by atoms with Crippen LogP contribution in [-0.2, 0) is 14.8 Å². The van der Waals surface area contributed by atoms with Crippen LogP contribution in [0.25, 0.3) is 0 Å². The summed E-state index contributed by atoms with van der Waals surface area (Å²) in [6, 6.07) is 18.2. The number of amides is 1. The molecule has 0 bridgehead atoms. The topological polar surface area (TPSA) is 103 Å². The van der Waals surface area contributed by atoms with E-state index in [4.69, 9.17) is 18.9 Å². The number of carbonyl (C=O) groups is 1. The summed E-state index contributed by atoms with van der Waals surface area (Å²) in [4.78, 5) is 12.9. The monoisotopic (exact) mass is 514 g/mol. The molecule has 9 nitrogen and oxygen atoms in total. The molecule has 1 amide bonds. The molecule has 0 atom stereocenters. The van der Waals surface area contributed by atoms with E-state index in [9.17, 15) is 13.2 Å². The van der Waals surface area contributed by atoms with Crippen LogP contribution < -0.4 is 28.6 Å². The van der Waals surface area contributed by atoms with Crippen LogP contribution in [0.15, 0.2) is 71.6 Å². The third kappa shape index (κ3) is 6.60. The summed E-state index contributed by atoms with van der Waals surface area (Å²) in [7, 11) is 0.442. The van der Waals surface area contributed by atoms with Crippen LogP contribution in [0.1, 0.15) is 5.56 Å². The molecule has 0 spiro atoms. The summed E-state index contributed by atoms with van der Waals surface area (Å²) in [6.45, 7) is 1.80. The van der Waals surface area contributed by atoms with Gasteiger partial charge >= 0.3 is 0 Å². The van der Waals surface area contributed by atoms with Crippen LogP contribution in [0.3, 0.4) is 0 Å². The van der Waals surface area contributed by atoms with Crippen molar-refractivity contribution in [3.05, 3.63) is 72.3 Å².